The average molecular weight is 565 g/mol. The second-order valence-electron chi connectivity index (χ2n) is 14.0. The Kier molecular flexibility index (Phi) is 6.73. The van der Waals surface area contributed by atoms with Gasteiger partial charge in [-0.15, -0.1) is 0 Å². The largest absolute Gasteiger partial charge is 0.342 e. The molecular formula is C36H44N4O2. The first-order valence-electron chi connectivity index (χ1n) is 16.7. The number of imidazole rings is 1. The second kappa shape index (κ2) is 10.6. The number of hydrogen-bond acceptors (Lipinski definition) is 4. The lowest BCUT2D eigenvalue weighted by molar-refractivity contribution is -0.134. The second-order valence-corrected chi connectivity index (χ2v) is 14.0. The van der Waals surface area contributed by atoms with E-state index in [9.17, 15) is 9.59 Å². The van der Waals surface area contributed by atoms with Crippen LogP contribution < -0.4 is 0 Å². The molecule has 2 saturated carbocycles. The lowest BCUT2D eigenvalue weighted by atomic mass is 9.70. The van der Waals surface area contributed by atoms with Gasteiger partial charge in [-0.05, 0) is 100 Å². The van der Waals surface area contributed by atoms with Crippen LogP contribution in [0.4, 0.5) is 0 Å². The Morgan fingerprint density at radius 1 is 0.786 bits per heavy atom. The number of carbonyl (C=O) groups excluding carboxylic acids is 2. The van der Waals surface area contributed by atoms with E-state index in [2.05, 4.69) is 69.0 Å². The fourth-order valence-corrected chi connectivity index (χ4v) is 8.71. The maximum absolute atomic E-state index is 12.9. The zero-order valence-corrected chi connectivity index (χ0v) is 24.8. The summed E-state index contributed by atoms with van der Waals surface area (Å²) in [7, 11) is 0. The highest BCUT2D eigenvalue weighted by molar-refractivity contribution is 5.86. The number of carbonyl (C=O) groups is 2. The predicted octanol–water partition coefficient (Wildman–Crippen LogP) is 6.09. The van der Waals surface area contributed by atoms with Gasteiger partial charge in [-0.2, -0.15) is 0 Å². The number of para-hydroxylation sites is 2. The summed E-state index contributed by atoms with van der Waals surface area (Å²) in [6.45, 7) is 2.93. The third-order valence-corrected chi connectivity index (χ3v) is 11.5. The lowest BCUT2D eigenvalue weighted by Crippen LogP contribution is -2.49. The van der Waals surface area contributed by atoms with Crippen molar-refractivity contribution in [3.63, 3.8) is 0 Å². The Balaban J connectivity index is 0.995. The summed E-state index contributed by atoms with van der Waals surface area (Å²) < 4.78 is 2.47. The van der Waals surface area contributed by atoms with Crippen LogP contribution in [-0.2, 0) is 21.4 Å². The van der Waals surface area contributed by atoms with Crippen molar-refractivity contribution in [2.45, 2.75) is 101 Å². The molecule has 4 heterocycles. The summed E-state index contributed by atoms with van der Waals surface area (Å²) >= 11 is 0. The van der Waals surface area contributed by atoms with Gasteiger partial charge < -0.3 is 9.47 Å². The fourth-order valence-electron chi connectivity index (χ4n) is 8.71. The van der Waals surface area contributed by atoms with Gasteiger partial charge >= 0.3 is 0 Å². The van der Waals surface area contributed by atoms with Gasteiger partial charge in [-0.3, -0.25) is 14.5 Å². The number of piperidine rings is 2. The SMILES string of the molecule is O=C(Cc1nc2ccccc2n1[C@H]1C[C@H]2CC[C@@H](C1)N2CCC1(c2ccccc2)CCN(C(=O)C2CC2)CC1)C1CC1. The number of rotatable bonds is 9. The van der Waals surface area contributed by atoms with Crippen molar-refractivity contribution < 1.29 is 9.59 Å². The van der Waals surface area contributed by atoms with Crippen LogP contribution in [0.15, 0.2) is 54.6 Å². The van der Waals surface area contributed by atoms with Crippen LogP contribution in [0.25, 0.3) is 11.0 Å². The molecule has 6 heteroatoms. The first-order chi connectivity index (χ1) is 20.6. The van der Waals surface area contributed by atoms with Crippen LogP contribution >= 0.6 is 0 Å². The molecule has 42 heavy (non-hydrogen) atoms. The Morgan fingerprint density at radius 2 is 1.45 bits per heavy atom. The molecule has 2 bridgehead atoms. The van der Waals surface area contributed by atoms with Crippen LogP contribution in [-0.4, -0.2) is 62.8 Å². The molecule has 1 amide bonds. The van der Waals surface area contributed by atoms with Crippen molar-refractivity contribution in [1.82, 2.24) is 19.4 Å². The summed E-state index contributed by atoms with van der Waals surface area (Å²) in [6.07, 6.45) is 12.9. The molecule has 0 radical (unpaired) electrons. The van der Waals surface area contributed by atoms with E-state index in [-0.39, 0.29) is 11.3 Å². The summed E-state index contributed by atoms with van der Waals surface area (Å²) in [4.78, 5) is 35.7. The summed E-state index contributed by atoms with van der Waals surface area (Å²) in [5, 5.41) is 0. The molecule has 1 aromatic heterocycles. The molecule has 3 atom stereocenters. The number of fused-ring (bicyclic) bond motifs is 3. The van der Waals surface area contributed by atoms with Gasteiger partial charge in [0.2, 0.25) is 5.91 Å². The quantitative estimate of drug-likeness (QED) is 0.316. The third-order valence-electron chi connectivity index (χ3n) is 11.5. The average Bonchev–Trinajstić information content (AvgIpc) is 3.95. The molecule has 8 rings (SSSR count). The monoisotopic (exact) mass is 564 g/mol. The van der Waals surface area contributed by atoms with Gasteiger partial charge in [-0.25, -0.2) is 4.98 Å². The zero-order chi connectivity index (χ0) is 28.3. The Bertz CT molecular complexity index is 1450. The van der Waals surface area contributed by atoms with Crippen LogP contribution in [0.3, 0.4) is 0 Å². The molecule has 0 spiro atoms. The number of nitrogens with zero attached hydrogens (tertiary/aromatic N) is 4. The Labute approximate surface area is 249 Å². The first kappa shape index (κ1) is 26.6. The van der Waals surface area contributed by atoms with Crippen LogP contribution in [0.2, 0.25) is 0 Å². The topological polar surface area (TPSA) is 58.4 Å². The highest BCUT2D eigenvalue weighted by atomic mass is 16.2. The minimum absolute atomic E-state index is 0.148. The summed E-state index contributed by atoms with van der Waals surface area (Å²) in [5.74, 6) is 2.35. The van der Waals surface area contributed by atoms with Crippen molar-refractivity contribution in [3.05, 3.63) is 66.0 Å². The van der Waals surface area contributed by atoms with Gasteiger partial charge in [0.05, 0.1) is 17.5 Å². The van der Waals surface area contributed by atoms with E-state index >= 15 is 0 Å². The first-order valence-corrected chi connectivity index (χ1v) is 16.7. The maximum Gasteiger partial charge on any atom is 0.225 e. The minimum atomic E-state index is 0.148. The van der Waals surface area contributed by atoms with Crippen molar-refractivity contribution in [2.75, 3.05) is 19.6 Å². The lowest BCUT2D eigenvalue weighted by Gasteiger charge is -2.46. The van der Waals surface area contributed by atoms with E-state index in [1.54, 1.807) is 0 Å². The van der Waals surface area contributed by atoms with Crippen molar-refractivity contribution in [3.8, 4) is 0 Å². The summed E-state index contributed by atoms with van der Waals surface area (Å²) in [5.41, 5.74) is 3.83. The van der Waals surface area contributed by atoms with Gasteiger partial charge in [0.1, 0.15) is 11.6 Å². The molecule has 6 nitrogen and oxygen atoms in total. The van der Waals surface area contributed by atoms with E-state index in [1.807, 2.05) is 0 Å². The van der Waals surface area contributed by atoms with E-state index in [4.69, 9.17) is 4.98 Å². The minimum Gasteiger partial charge on any atom is -0.342 e. The van der Waals surface area contributed by atoms with Gasteiger partial charge in [0.25, 0.3) is 0 Å². The molecule has 0 N–H and O–H groups in total. The number of amides is 1. The molecule has 5 fully saturated rings. The normalized spacial score (nSPS) is 27.4. The molecule has 2 aliphatic carbocycles. The third kappa shape index (κ3) is 4.90. The van der Waals surface area contributed by atoms with Gasteiger partial charge in [0, 0.05) is 43.1 Å². The maximum atomic E-state index is 12.9. The Hall–Kier alpha value is -2.99. The number of aromatic nitrogens is 2. The molecule has 3 aliphatic heterocycles. The van der Waals surface area contributed by atoms with Crippen molar-refractivity contribution in [2.24, 2.45) is 11.8 Å². The van der Waals surface area contributed by atoms with E-state index in [1.165, 1.54) is 23.9 Å². The van der Waals surface area contributed by atoms with Crippen molar-refractivity contribution in [1.29, 1.82) is 0 Å². The molecule has 5 aliphatic rings. The van der Waals surface area contributed by atoms with Gasteiger partial charge in [0.15, 0.2) is 0 Å². The predicted molar refractivity (Wildman–Crippen MR) is 164 cm³/mol. The van der Waals surface area contributed by atoms with E-state index < -0.39 is 0 Å². The van der Waals surface area contributed by atoms with Gasteiger partial charge in [-0.1, -0.05) is 42.5 Å². The highest BCUT2D eigenvalue weighted by Crippen LogP contribution is 2.46. The highest BCUT2D eigenvalue weighted by Gasteiger charge is 2.45. The number of ketones is 1. The van der Waals surface area contributed by atoms with Crippen molar-refractivity contribution >= 4 is 22.7 Å². The standard InChI is InChI=1S/C36H44N4O2/c41-33(25-10-11-25)24-34-37-31-8-4-5-9-32(31)40(34)30-22-28-14-15-29(23-30)39(28)21-18-36(27-6-2-1-3-7-27)16-19-38(20-17-36)35(42)26-12-13-26/h1-9,25-26,28-30H,10-24H2/t28-,29+,30+. The molecular weight excluding hydrogens is 520 g/mol. The van der Waals surface area contributed by atoms with E-state index in [0.29, 0.717) is 42.2 Å². The van der Waals surface area contributed by atoms with Crippen LogP contribution in [0.1, 0.15) is 88.1 Å². The smallest absolute Gasteiger partial charge is 0.225 e. The molecule has 3 aromatic rings. The number of Topliss-reactive ketones (excluding diaryl/α,β-unsaturated/α-hetero) is 1. The van der Waals surface area contributed by atoms with E-state index in [0.717, 1.165) is 88.8 Å². The van der Waals surface area contributed by atoms with Crippen LogP contribution in [0, 0.1) is 11.8 Å². The summed E-state index contributed by atoms with van der Waals surface area (Å²) in [6, 6.07) is 21.2. The molecule has 0 unspecified atom stereocenters. The molecule has 3 saturated heterocycles. The number of likely N-dealkylation sites (tertiary alicyclic amines) is 1. The Morgan fingerprint density at radius 3 is 2.14 bits per heavy atom. The number of benzene rings is 2. The van der Waals surface area contributed by atoms with Crippen LogP contribution in [0.5, 0.6) is 0 Å². The zero-order valence-electron chi connectivity index (χ0n) is 24.8. The number of hydrogen-bond donors (Lipinski definition) is 0. The molecule has 220 valence electrons. The molecule has 2 aromatic carbocycles. The fraction of sp³-hybridized carbons (Fsp3) is 0.583.